The molecule has 1 aliphatic rings. The van der Waals surface area contributed by atoms with E-state index < -0.39 is 17.6 Å². The van der Waals surface area contributed by atoms with Gasteiger partial charge in [-0.25, -0.2) is 4.98 Å². The van der Waals surface area contributed by atoms with Gasteiger partial charge in [0.05, 0.1) is 11.1 Å². The second kappa shape index (κ2) is 11.2. The standard InChI is InChI=1S/C30H30F3N3O2/c1-29(2,3)23-10-12-24(13-11-23)38-20-6-7-22-14-15-34-27(21-22)35-16-18-36(19-17-35)28(37)25-8-4-5-9-26(25)30(31,32)33/h4-5,8-15,21H,16-20H2,1-3H3. The van der Waals surface area contributed by atoms with E-state index in [9.17, 15) is 18.0 Å². The van der Waals surface area contributed by atoms with Crippen LogP contribution in [0.4, 0.5) is 19.0 Å². The summed E-state index contributed by atoms with van der Waals surface area (Å²) < 4.78 is 45.8. The van der Waals surface area contributed by atoms with Crippen LogP contribution in [0.3, 0.4) is 0 Å². The molecule has 0 radical (unpaired) electrons. The van der Waals surface area contributed by atoms with Crippen LogP contribution < -0.4 is 9.64 Å². The molecule has 1 amide bonds. The van der Waals surface area contributed by atoms with E-state index in [4.69, 9.17) is 4.74 Å². The van der Waals surface area contributed by atoms with Crippen LogP contribution in [0.15, 0.2) is 66.9 Å². The van der Waals surface area contributed by atoms with Crippen molar-refractivity contribution in [3.8, 4) is 17.6 Å². The number of hydrogen-bond acceptors (Lipinski definition) is 4. The monoisotopic (exact) mass is 521 g/mol. The molecule has 1 fully saturated rings. The van der Waals surface area contributed by atoms with Crippen LogP contribution in [0.2, 0.25) is 0 Å². The second-order valence-electron chi connectivity index (χ2n) is 10.1. The normalized spacial score (nSPS) is 14.1. The summed E-state index contributed by atoms with van der Waals surface area (Å²) in [5.41, 5.74) is 0.858. The minimum Gasteiger partial charge on any atom is -0.481 e. The highest BCUT2D eigenvalue weighted by Crippen LogP contribution is 2.32. The maximum absolute atomic E-state index is 13.3. The summed E-state index contributed by atoms with van der Waals surface area (Å²) >= 11 is 0. The molecule has 2 aromatic carbocycles. The van der Waals surface area contributed by atoms with Crippen LogP contribution >= 0.6 is 0 Å². The van der Waals surface area contributed by atoms with Gasteiger partial charge in [-0.05, 0) is 47.4 Å². The van der Waals surface area contributed by atoms with Gasteiger partial charge >= 0.3 is 6.18 Å². The lowest BCUT2D eigenvalue weighted by Crippen LogP contribution is -2.49. The number of alkyl halides is 3. The number of pyridine rings is 1. The van der Waals surface area contributed by atoms with Crippen molar-refractivity contribution in [2.45, 2.75) is 32.4 Å². The van der Waals surface area contributed by atoms with Crippen molar-refractivity contribution < 1.29 is 22.7 Å². The third kappa shape index (κ3) is 6.65. The van der Waals surface area contributed by atoms with Gasteiger partial charge in [0.15, 0.2) is 0 Å². The minimum absolute atomic E-state index is 0.0814. The Morgan fingerprint density at radius 3 is 2.32 bits per heavy atom. The molecular weight excluding hydrogens is 491 g/mol. The first-order valence-corrected chi connectivity index (χ1v) is 12.4. The predicted molar refractivity (Wildman–Crippen MR) is 141 cm³/mol. The Morgan fingerprint density at radius 2 is 1.66 bits per heavy atom. The highest BCUT2D eigenvalue weighted by molar-refractivity contribution is 5.96. The van der Waals surface area contributed by atoms with Gasteiger partial charge in [-0.3, -0.25) is 4.79 Å². The van der Waals surface area contributed by atoms with E-state index in [1.807, 2.05) is 29.2 Å². The number of carbonyl (C=O) groups is 1. The van der Waals surface area contributed by atoms with Crippen LogP contribution in [0, 0.1) is 11.8 Å². The molecule has 0 unspecified atom stereocenters. The number of anilines is 1. The van der Waals surface area contributed by atoms with E-state index >= 15 is 0 Å². The summed E-state index contributed by atoms with van der Waals surface area (Å²) in [5, 5.41) is 0. The van der Waals surface area contributed by atoms with Gasteiger partial charge in [0.1, 0.15) is 18.2 Å². The molecule has 198 valence electrons. The Bertz CT molecular complexity index is 1330. The molecule has 0 bridgehead atoms. The largest absolute Gasteiger partial charge is 0.481 e. The molecule has 1 aliphatic heterocycles. The van der Waals surface area contributed by atoms with Crippen LogP contribution in [-0.4, -0.2) is 48.6 Å². The maximum atomic E-state index is 13.3. The number of amides is 1. The van der Waals surface area contributed by atoms with E-state index in [1.54, 1.807) is 6.20 Å². The lowest BCUT2D eigenvalue weighted by Gasteiger charge is -2.35. The molecule has 0 saturated carbocycles. The van der Waals surface area contributed by atoms with E-state index in [1.165, 1.54) is 28.7 Å². The molecule has 0 N–H and O–H groups in total. The van der Waals surface area contributed by atoms with Gasteiger partial charge in [0.25, 0.3) is 5.91 Å². The van der Waals surface area contributed by atoms with Gasteiger partial charge in [-0.2, -0.15) is 13.2 Å². The molecular formula is C30H30F3N3O2. The van der Waals surface area contributed by atoms with Gasteiger partial charge in [-0.15, -0.1) is 0 Å². The van der Waals surface area contributed by atoms with Crippen molar-refractivity contribution >= 4 is 11.7 Å². The molecule has 0 atom stereocenters. The maximum Gasteiger partial charge on any atom is 0.417 e. The zero-order valence-electron chi connectivity index (χ0n) is 21.7. The summed E-state index contributed by atoms with van der Waals surface area (Å²) in [7, 11) is 0. The van der Waals surface area contributed by atoms with E-state index in [-0.39, 0.29) is 17.6 Å². The highest BCUT2D eigenvalue weighted by Gasteiger charge is 2.36. The molecule has 1 saturated heterocycles. The molecule has 1 aromatic heterocycles. The fourth-order valence-corrected chi connectivity index (χ4v) is 4.20. The Kier molecular flexibility index (Phi) is 7.96. The molecule has 3 aromatic rings. The summed E-state index contributed by atoms with van der Waals surface area (Å²) in [4.78, 5) is 20.7. The van der Waals surface area contributed by atoms with Crippen molar-refractivity contribution in [2.24, 2.45) is 0 Å². The van der Waals surface area contributed by atoms with E-state index in [2.05, 4.69) is 49.7 Å². The third-order valence-corrected chi connectivity index (χ3v) is 6.36. The Labute approximate surface area is 221 Å². The minimum atomic E-state index is -4.58. The van der Waals surface area contributed by atoms with Crippen LogP contribution in [0.5, 0.6) is 5.75 Å². The summed E-state index contributed by atoms with van der Waals surface area (Å²) in [6.07, 6.45) is -2.91. The Balaban J connectivity index is 1.33. The lowest BCUT2D eigenvalue weighted by atomic mass is 9.87. The zero-order chi connectivity index (χ0) is 27.3. The number of halogens is 3. The van der Waals surface area contributed by atoms with Crippen molar-refractivity contribution in [1.82, 2.24) is 9.88 Å². The van der Waals surface area contributed by atoms with Gasteiger partial charge < -0.3 is 14.5 Å². The quantitative estimate of drug-likeness (QED) is 0.408. The number of nitrogens with zero attached hydrogens (tertiary/aromatic N) is 3. The number of hydrogen-bond donors (Lipinski definition) is 0. The first kappa shape index (κ1) is 27.1. The summed E-state index contributed by atoms with van der Waals surface area (Å²) in [5.74, 6) is 6.96. The van der Waals surface area contributed by atoms with Crippen molar-refractivity contribution in [1.29, 1.82) is 0 Å². The second-order valence-corrected chi connectivity index (χ2v) is 10.1. The molecule has 2 heterocycles. The van der Waals surface area contributed by atoms with Crippen molar-refractivity contribution in [3.05, 3.63) is 89.1 Å². The number of rotatable bonds is 4. The number of piperazine rings is 1. The van der Waals surface area contributed by atoms with Crippen LogP contribution in [-0.2, 0) is 11.6 Å². The fraction of sp³-hybridized carbons (Fsp3) is 0.333. The first-order valence-electron chi connectivity index (χ1n) is 12.4. The van der Waals surface area contributed by atoms with Gasteiger partial charge in [-0.1, -0.05) is 56.9 Å². The molecule has 0 spiro atoms. The van der Waals surface area contributed by atoms with Crippen molar-refractivity contribution in [3.63, 3.8) is 0 Å². The van der Waals surface area contributed by atoms with Gasteiger partial charge in [0.2, 0.25) is 0 Å². The molecule has 8 heteroatoms. The first-order chi connectivity index (χ1) is 18.0. The molecule has 38 heavy (non-hydrogen) atoms. The number of carbonyl (C=O) groups excluding carboxylic acids is 1. The van der Waals surface area contributed by atoms with E-state index in [0.717, 1.165) is 17.4 Å². The predicted octanol–water partition coefficient (Wildman–Crippen LogP) is 5.79. The van der Waals surface area contributed by atoms with Crippen LogP contribution in [0.25, 0.3) is 0 Å². The van der Waals surface area contributed by atoms with Gasteiger partial charge in [0, 0.05) is 37.9 Å². The van der Waals surface area contributed by atoms with E-state index in [0.29, 0.717) is 32.0 Å². The number of ether oxygens (including phenoxy) is 1. The zero-order valence-corrected chi connectivity index (χ0v) is 21.7. The summed E-state index contributed by atoms with van der Waals surface area (Å²) in [6, 6.07) is 16.6. The molecule has 4 rings (SSSR count). The molecule has 0 aliphatic carbocycles. The molecule has 5 nitrogen and oxygen atoms in total. The highest BCUT2D eigenvalue weighted by atomic mass is 19.4. The third-order valence-electron chi connectivity index (χ3n) is 6.36. The van der Waals surface area contributed by atoms with Crippen molar-refractivity contribution in [2.75, 3.05) is 37.7 Å². The average molecular weight is 522 g/mol. The number of benzene rings is 2. The van der Waals surface area contributed by atoms with Crippen LogP contribution in [0.1, 0.15) is 47.8 Å². The Morgan fingerprint density at radius 1 is 0.974 bits per heavy atom. The topological polar surface area (TPSA) is 45.7 Å². The smallest absolute Gasteiger partial charge is 0.417 e. The average Bonchev–Trinajstić information content (AvgIpc) is 2.90. The Hall–Kier alpha value is -3.99. The number of aromatic nitrogens is 1. The summed E-state index contributed by atoms with van der Waals surface area (Å²) in [6.45, 7) is 8.23. The fourth-order valence-electron chi connectivity index (χ4n) is 4.20. The lowest BCUT2D eigenvalue weighted by molar-refractivity contribution is -0.138. The SMILES string of the molecule is CC(C)(C)c1ccc(OCC#Cc2ccnc(N3CCN(C(=O)c4ccccc4C(F)(F)F)CC3)c2)cc1.